The molecule has 29 heavy (non-hydrogen) atoms. The topological polar surface area (TPSA) is 44.5 Å². The molecule has 5 heteroatoms. The zero-order valence-electron chi connectivity index (χ0n) is 18.9. The average molecular weight is 385 g/mol. The molecule has 1 aliphatic rings. The van der Waals surface area contributed by atoms with Crippen LogP contribution in [0.5, 0.6) is 5.75 Å². The third-order valence-electron chi connectivity index (χ3n) is 5.20. The van der Waals surface area contributed by atoms with E-state index in [9.17, 15) is 5.11 Å². The molecule has 3 aromatic carbocycles. The summed E-state index contributed by atoms with van der Waals surface area (Å²) in [7, 11) is 0. The van der Waals surface area contributed by atoms with Crippen LogP contribution in [0.2, 0.25) is 0 Å². The molecule has 2 heterocycles. The van der Waals surface area contributed by atoms with E-state index in [4.69, 9.17) is 9.21 Å². The van der Waals surface area contributed by atoms with Crippen LogP contribution >= 0.6 is 0 Å². The molecule has 5 nitrogen and oxygen atoms in total. The standard InChI is InChI=1S/C24H22N4O/c1-17-14-20(25-28(17)23-12-5-6-13-24(23)29)18-8-7-9-19(15-18)27-16-26(2)21-10-3-4-11-22(21)27/h3-15,29H,16H2,1-2H3/i2D3. The lowest BCUT2D eigenvalue weighted by Crippen LogP contribution is -2.23. The van der Waals surface area contributed by atoms with Gasteiger partial charge in [0.05, 0.1) is 23.7 Å². The molecule has 0 spiro atoms. The van der Waals surface area contributed by atoms with Crippen LogP contribution in [0.15, 0.2) is 78.9 Å². The quantitative estimate of drug-likeness (QED) is 0.533. The van der Waals surface area contributed by atoms with Crippen LogP contribution in [-0.4, -0.2) is 28.5 Å². The summed E-state index contributed by atoms with van der Waals surface area (Å²) in [4.78, 5) is 3.43. The van der Waals surface area contributed by atoms with Gasteiger partial charge < -0.3 is 14.9 Å². The molecule has 0 aliphatic carbocycles. The number of para-hydroxylation sites is 4. The maximum Gasteiger partial charge on any atom is 0.141 e. The Labute approximate surface area is 174 Å². The predicted octanol–water partition coefficient (Wildman–Crippen LogP) is 5.10. The van der Waals surface area contributed by atoms with Crippen LogP contribution in [0.1, 0.15) is 9.81 Å². The predicted molar refractivity (Wildman–Crippen MR) is 117 cm³/mol. The zero-order chi connectivity index (χ0) is 22.5. The molecule has 0 amide bonds. The van der Waals surface area contributed by atoms with Crippen molar-refractivity contribution in [2.75, 3.05) is 23.4 Å². The SMILES string of the molecule is [2H]C([2H])([2H])N1CN(c2cccc(-c3cc(C)n(-c4ccccc4O)n3)c2)c2ccccc21. The van der Waals surface area contributed by atoms with Gasteiger partial charge >= 0.3 is 0 Å². The van der Waals surface area contributed by atoms with E-state index in [-0.39, 0.29) is 12.4 Å². The minimum atomic E-state index is -2.23. The lowest BCUT2D eigenvalue weighted by molar-refractivity contribution is 0.470. The Hall–Kier alpha value is -3.73. The monoisotopic (exact) mass is 385 g/mol. The number of benzene rings is 3. The number of hydrogen-bond acceptors (Lipinski definition) is 4. The minimum absolute atomic E-state index is 0.164. The highest BCUT2D eigenvalue weighted by Crippen LogP contribution is 2.40. The Balaban J connectivity index is 1.53. The number of phenols is 1. The summed E-state index contributed by atoms with van der Waals surface area (Å²) in [6, 6.07) is 24.5. The fourth-order valence-electron chi connectivity index (χ4n) is 3.77. The van der Waals surface area contributed by atoms with Crippen LogP contribution in [-0.2, 0) is 0 Å². The van der Waals surface area contributed by atoms with E-state index >= 15 is 0 Å². The number of rotatable bonds is 3. The second-order valence-corrected chi connectivity index (χ2v) is 7.11. The lowest BCUT2D eigenvalue weighted by atomic mass is 10.1. The molecule has 0 fully saturated rings. The van der Waals surface area contributed by atoms with Crippen molar-refractivity contribution >= 4 is 17.1 Å². The molecule has 0 saturated heterocycles. The van der Waals surface area contributed by atoms with Crippen molar-refractivity contribution in [3.63, 3.8) is 0 Å². The fourth-order valence-corrected chi connectivity index (χ4v) is 3.77. The summed E-state index contributed by atoms with van der Waals surface area (Å²) >= 11 is 0. The summed E-state index contributed by atoms with van der Waals surface area (Å²) in [6.45, 7) is -0.0432. The second-order valence-electron chi connectivity index (χ2n) is 7.11. The number of aryl methyl sites for hydroxylation is 1. The van der Waals surface area contributed by atoms with Gasteiger partial charge in [-0.1, -0.05) is 36.4 Å². The first-order valence-corrected chi connectivity index (χ1v) is 9.42. The highest BCUT2D eigenvalue weighted by atomic mass is 16.3. The molecule has 0 radical (unpaired) electrons. The molecule has 1 aromatic heterocycles. The summed E-state index contributed by atoms with van der Waals surface area (Å²) < 4.78 is 25.5. The van der Waals surface area contributed by atoms with E-state index in [0.717, 1.165) is 28.3 Å². The number of fused-ring (bicyclic) bond motifs is 1. The first-order chi connectivity index (χ1) is 15.3. The number of aromatic hydroxyl groups is 1. The molecular weight excluding hydrogens is 360 g/mol. The van der Waals surface area contributed by atoms with Gasteiger partial charge in [0.2, 0.25) is 0 Å². The van der Waals surface area contributed by atoms with E-state index in [0.29, 0.717) is 11.4 Å². The Morgan fingerprint density at radius 1 is 0.897 bits per heavy atom. The number of nitrogens with zero attached hydrogens (tertiary/aromatic N) is 4. The molecule has 1 aliphatic heterocycles. The molecule has 0 atom stereocenters. The van der Waals surface area contributed by atoms with Crippen LogP contribution in [0, 0.1) is 6.92 Å². The average Bonchev–Trinajstić information content (AvgIpc) is 3.35. The minimum Gasteiger partial charge on any atom is -0.506 e. The molecule has 0 saturated carbocycles. The number of anilines is 3. The number of hydrogen-bond donors (Lipinski definition) is 1. The fraction of sp³-hybridized carbons (Fsp3) is 0.125. The van der Waals surface area contributed by atoms with Crippen LogP contribution < -0.4 is 9.80 Å². The van der Waals surface area contributed by atoms with Gasteiger partial charge in [-0.3, -0.25) is 0 Å². The normalized spacial score (nSPS) is 15.0. The summed E-state index contributed by atoms with van der Waals surface area (Å²) in [5.41, 5.74) is 5.63. The van der Waals surface area contributed by atoms with E-state index in [1.165, 1.54) is 4.90 Å². The molecule has 1 N–H and O–H groups in total. The van der Waals surface area contributed by atoms with Gasteiger partial charge in [-0.05, 0) is 49.4 Å². The second kappa shape index (κ2) is 6.71. The molecule has 4 aromatic rings. The lowest BCUT2D eigenvalue weighted by Gasteiger charge is -2.20. The van der Waals surface area contributed by atoms with Crippen molar-refractivity contribution in [2.24, 2.45) is 0 Å². The Morgan fingerprint density at radius 2 is 1.66 bits per heavy atom. The van der Waals surface area contributed by atoms with Crippen molar-refractivity contribution in [1.29, 1.82) is 0 Å². The van der Waals surface area contributed by atoms with E-state index in [2.05, 4.69) is 0 Å². The third kappa shape index (κ3) is 2.91. The van der Waals surface area contributed by atoms with E-state index in [1.54, 1.807) is 16.8 Å². The van der Waals surface area contributed by atoms with Crippen molar-refractivity contribution in [3.8, 4) is 22.7 Å². The van der Waals surface area contributed by atoms with Crippen molar-refractivity contribution in [1.82, 2.24) is 9.78 Å². The van der Waals surface area contributed by atoms with Gasteiger partial charge in [0.25, 0.3) is 0 Å². The number of phenolic OH excluding ortho intramolecular Hbond substituents is 1. The molecular formula is C24H22N4O. The first-order valence-electron chi connectivity index (χ1n) is 10.9. The molecule has 5 rings (SSSR count). The van der Waals surface area contributed by atoms with Gasteiger partial charge in [-0.15, -0.1) is 0 Å². The highest BCUT2D eigenvalue weighted by molar-refractivity contribution is 5.83. The largest absolute Gasteiger partial charge is 0.506 e. The van der Waals surface area contributed by atoms with Crippen LogP contribution in [0.3, 0.4) is 0 Å². The van der Waals surface area contributed by atoms with Crippen LogP contribution in [0.4, 0.5) is 17.1 Å². The van der Waals surface area contributed by atoms with Gasteiger partial charge in [0.15, 0.2) is 0 Å². The smallest absolute Gasteiger partial charge is 0.141 e. The summed E-state index contributed by atoms with van der Waals surface area (Å²) in [5.74, 6) is 0.164. The first kappa shape index (κ1) is 14.3. The van der Waals surface area contributed by atoms with Gasteiger partial charge in [0.1, 0.15) is 11.4 Å². The van der Waals surface area contributed by atoms with Crippen molar-refractivity contribution < 1.29 is 9.22 Å². The Morgan fingerprint density at radius 3 is 2.45 bits per heavy atom. The highest BCUT2D eigenvalue weighted by Gasteiger charge is 2.24. The summed E-state index contributed by atoms with van der Waals surface area (Å²) in [6.07, 6.45) is 0. The van der Waals surface area contributed by atoms with E-state index < -0.39 is 6.98 Å². The molecule has 0 bridgehead atoms. The van der Waals surface area contributed by atoms with Gasteiger partial charge in [-0.2, -0.15) is 5.10 Å². The maximum atomic E-state index is 10.2. The van der Waals surface area contributed by atoms with Crippen LogP contribution in [0.25, 0.3) is 16.9 Å². The maximum absolute atomic E-state index is 10.2. The third-order valence-corrected chi connectivity index (χ3v) is 5.20. The van der Waals surface area contributed by atoms with Gasteiger partial charge in [-0.25, -0.2) is 4.68 Å². The Bertz CT molecular complexity index is 1300. The summed E-state index contributed by atoms with van der Waals surface area (Å²) in [5, 5.41) is 14.9. The molecule has 144 valence electrons. The van der Waals surface area contributed by atoms with E-state index in [1.807, 2.05) is 78.6 Å². The van der Waals surface area contributed by atoms with Gasteiger partial charge in [0, 0.05) is 28.0 Å². The Kier molecular flexibility index (Phi) is 3.31. The van der Waals surface area contributed by atoms with Crippen molar-refractivity contribution in [3.05, 3.63) is 84.6 Å². The molecule has 0 unspecified atom stereocenters. The van der Waals surface area contributed by atoms with Crippen molar-refractivity contribution in [2.45, 2.75) is 6.92 Å². The zero-order valence-corrected chi connectivity index (χ0v) is 15.9. The number of aromatic nitrogens is 2.